The van der Waals surface area contributed by atoms with E-state index in [4.69, 9.17) is 34.1 Å². The molecule has 3 aromatic heterocycles. The molecule has 1 aliphatic carbocycles. The van der Waals surface area contributed by atoms with Gasteiger partial charge in [0.1, 0.15) is 17.1 Å². The third-order valence-corrected chi connectivity index (χ3v) is 12.4. The minimum Gasteiger partial charge on any atom is -0.457 e. The quantitative estimate of drug-likeness (QED) is 0.171. The second kappa shape index (κ2) is 13.7. The van der Waals surface area contributed by atoms with Crippen molar-refractivity contribution in [2.75, 3.05) is 0 Å². The molecule has 8 aromatic carbocycles. The lowest BCUT2D eigenvalue weighted by Crippen LogP contribution is -2.32. The molecule has 11 aromatic rings. The smallest absolute Gasteiger partial charge is 0.231 e. The van der Waals surface area contributed by atoms with E-state index < -0.39 is 5.41 Å². The lowest BCUT2D eigenvalue weighted by Gasteiger charge is -2.40. The summed E-state index contributed by atoms with van der Waals surface area (Å²) in [4.78, 5) is 26.3. The number of ether oxygens (including phenoxy) is 1. The molecule has 0 N–H and O–H groups in total. The van der Waals surface area contributed by atoms with E-state index in [0.29, 0.717) is 29.0 Å². The van der Waals surface area contributed by atoms with Crippen LogP contribution < -0.4 is 4.74 Å². The molecule has 0 amide bonds. The molecule has 7 heteroatoms. The summed E-state index contributed by atoms with van der Waals surface area (Å²) in [5.41, 5.74) is 12.1. The number of benzene rings is 8. The van der Waals surface area contributed by atoms with Gasteiger partial charge in [-0.15, -0.1) is 0 Å². The largest absolute Gasteiger partial charge is 0.457 e. The predicted octanol–water partition coefficient (Wildman–Crippen LogP) is 13.4. The first kappa shape index (κ1) is 35.2. The first-order valence-corrected chi connectivity index (χ1v) is 21.0. The predicted molar refractivity (Wildman–Crippen MR) is 247 cm³/mol. The molecule has 0 saturated heterocycles. The van der Waals surface area contributed by atoms with Gasteiger partial charge in [0.2, 0.25) is 5.71 Å². The normalized spacial score (nSPS) is 13.0. The SMILES string of the molecule is c1ccc(-c2nc(-c3ccccc3)nc(-c3cccc4c3C3(c5ccccc5Oc5ccccc53)c3cccc(-c5nc(-c6ccccc6)nc6oc7ccccc7c56)c3-4)n2)cc1. The molecule has 0 unspecified atom stereocenters. The first-order valence-electron chi connectivity index (χ1n) is 21.0. The van der Waals surface area contributed by atoms with Crippen molar-refractivity contribution in [3.8, 4) is 79.4 Å². The molecule has 4 heterocycles. The van der Waals surface area contributed by atoms with Crippen molar-refractivity contribution in [3.63, 3.8) is 0 Å². The highest BCUT2D eigenvalue weighted by Crippen LogP contribution is 2.65. The second-order valence-corrected chi connectivity index (χ2v) is 15.9. The van der Waals surface area contributed by atoms with Gasteiger partial charge >= 0.3 is 0 Å². The van der Waals surface area contributed by atoms with E-state index in [2.05, 4.69) is 78.9 Å². The van der Waals surface area contributed by atoms with Crippen molar-refractivity contribution in [1.29, 1.82) is 0 Å². The zero-order valence-corrected chi connectivity index (χ0v) is 33.6. The number of rotatable bonds is 5. The minimum absolute atomic E-state index is 0.535. The molecule has 294 valence electrons. The highest BCUT2D eigenvalue weighted by molar-refractivity contribution is 6.13. The zero-order chi connectivity index (χ0) is 41.5. The van der Waals surface area contributed by atoms with Crippen molar-refractivity contribution in [1.82, 2.24) is 24.9 Å². The summed E-state index contributed by atoms with van der Waals surface area (Å²) in [5, 5.41) is 1.82. The minimum atomic E-state index is -0.859. The van der Waals surface area contributed by atoms with Crippen LogP contribution in [0.25, 0.3) is 90.0 Å². The summed E-state index contributed by atoms with van der Waals surface area (Å²) in [6.07, 6.45) is 0. The van der Waals surface area contributed by atoms with Gasteiger partial charge < -0.3 is 9.15 Å². The molecule has 0 bridgehead atoms. The fourth-order valence-corrected chi connectivity index (χ4v) is 9.86. The molecule has 0 fully saturated rings. The van der Waals surface area contributed by atoms with Crippen molar-refractivity contribution >= 4 is 22.1 Å². The van der Waals surface area contributed by atoms with Crippen molar-refractivity contribution in [2.45, 2.75) is 5.41 Å². The number of furan rings is 1. The van der Waals surface area contributed by atoms with E-state index in [-0.39, 0.29) is 0 Å². The Morgan fingerprint density at radius 2 is 0.857 bits per heavy atom. The Bertz CT molecular complexity index is 3500. The highest BCUT2D eigenvalue weighted by Gasteiger charge is 2.53. The van der Waals surface area contributed by atoms with Gasteiger partial charge in [-0.2, -0.15) is 4.98 Å². The van der Waals surface area contributed by atoms with Crippen LogP contribution in [-0.2, 0) is 5.41 Å². The highest BCUT2D eigenvalue weighted by atomic mass is 16.5. The third kappa shape index (κ3) is 5.23. The molecular weight excluding hydrogens is 775 g/mol. The van der Waals surface area contributed by atoms with Gasteiger partial charge in [-0.25, -0.2) is 19.9 Å². The molecule has 0 atom stereocenters. The van der Waals surface area contributed by atoms with Gasteiger partial charge in [0.05, 0.1) is 16.5 Å². The maximum Gasteiger partial charge on any atom is 0.231 e. The lowest BCUT2D eigenvalue weighted by molar-refractivity contribution is 0.436. The van der Waals surface area contributed by atoms with Crippen LogP contribution in [-0.4, -0.2) is 24.9 Å². The summed E-state index contributed by atoms with van der Waals surface area (Å²) in [6.45, 7) is 0. The topological polar surface area (TPSA) is 86.8 Å². The Labute approximate surface area is 362 Å². The van der Waals surface area contributed by atoms with Crippen LogP contribution in [0, 0.1) is 0 Å². The molecule has 13 rings (SSSR count). The monoisotopic (exact) mass is 807 g/mol. The molecule has 7 nitrogen and oxygen atoms in total. The Morgan fingerprint density at radius 1 is 0.365 bits per heavy atom. The van der Waals surface area contributed by atoms with Gasteiger partial charge in [-0.1, -0.05) is 182 Å². The summed E-state index contributed by atoms with van der Waals surface area (Å²) in [6, 6.07) is 68.4. The van der Waals surface area contributed by atoms with E-state index in [9.17, 15) is 0 Å². The Balaban J connectivity index is 1.18. The van der Waals surface area contributed by atoms with Gasteiger partial charge in [-0.05, 0) is 40.5 Å². The van der Waals surface area contributed by atoms with Gasteiger partial charge in [-0.3, -0.25) is 0 Å². The third-order valence-electron chi connectivity index (χ3n) is 12.4. The molecule has 0 saturated carbocycles. The van der Waals surface area contributed by atoms with Crippen LogP contribution >= 0.6 is 0 Å². The Hall–Kier alpha value is -8.55. The van der Waals surface area contributed by atoms with Crippen LogP contribution in [0.5, 0.6) is 11.5 Å². The Morgan fingerprint density at radius 3 is 1.51 bits per heavy atom. The van der Waals surface area contributed by atoms with Crippen LogP contribution in [0.4, 0.5) is 0 Å². The molecular formula is C56H33N5O2. The number of nitrogens with zero attached hydrogens (tertiary/aromatic N) is 5. The van der Waals surface area contributed by atoms with Crippen LogP contribution in [0.2, 0.25) is 0 Å². The summed E-state index contributed by atoms with van der Waals surface area (Å²) >= 11 is 0. The molecule has 0 radical (unpaired) electrons. The van der Waals surface area contributed by atoms with Crippen molar-refractivity contribution in [3.05, 3.63) is 222 Å². The molecule has 1 spiro atoms. The second-order valence-electron chi connectivity index (χ2n) is 15.9. The van der Waals surface area contributed by atoms with Gasteiger partial charge in [0, 0.05) is 44.3 Å². The maximum atomic E-state index is 6.79. The fourth-order valence-electron chi connectivity index (χ4n) is 9.86. The van der Waals surface area contributed by atoms with E-state index in [1.807, 2.05) is 121 Å². The maximum absolute atomic E-state index is 6.79. The van der Waals surface area contributed by atoms with E-state index in [1.54, 1.807) is 0 Å². The van der Waals surface area contributed by atoms with E-state index >= 15 is 0 Å². The number of hydrogen-bond donors (Lipinski definition) is 0. The number of fused-ring (bicyclic) bond motifs is 12. The fraction of sp³-hybridized carbons (Fsp3) is 0.0179. The average molecular weight is 808 g/mol. The average Bonchev–Trinajstić information content (AvgIpc) is 3.89. The number of aromatic nitrogens is 5. The first-order chi connectivity index (χ1) is 31.2. The van der Waals surface area contributed by atoms with Crippen LogP contribution in [0.3, 0.4) is 0 Å². The van der Waals surface area contributed by atoms with Gasteiger partial charge in [0.25, 0.3) is 0 Å². The molecule has 2 aliphatic rings. The Kier molecular flexibility index (Phi) is 7.68. The lowest BCUT2D eigenvalue weighted by atomic mass is 9.65. The van der Waals surface area contributed by atoms with Crippen LogP contribution in [0.15, 0.2) is 205 Å². The summed E-state index contributed by atoms with van der Waals surface area (Å²) < 4.78 is 13.3. The number of hydrogen-bond acceptors (Lipinski definition) is 7. The molecule has 63 heavy (non-hydrogen) atoms. The van der Waals surface area contributed by atoms with E-state index in [0.717, 1.165) is 94.7 Å². The summed E-state index contributed by atoms with van der Waals surface area (Å²) in [7, 11) is 0. The number of para-hydroxylation sites is 3. The van der Waals surface area contributed by atoms with Crippen molar-refractivity contribution < 1.29 is 9.15 Å². The van der Waals surface area contributed by atoms with E-state index in [1.165, 1.54) is 0 Å². The van der Waals surface area contributed by atoms with Crippen LogP contribution in [0.1, 0.15) is 22.3 Å². The molecule has 1 aliphatic heterocycles. The zero-order valence-electron chi connectivity index (χ0n) is 33.6. The summed E-state index contributed by atoms with van der Waals surface area (Å²) in [5.74, 6) is 3.93. The van der Waals surface area contributed by atoms with Crippen molar-refractivity contribution in [2.24, 2.45) is 0 Å². The van der Waals surface area contributed by atoms with Gasteiger partial charge in [0.15, 0.2) is 23.3 Å². The standard InChI is InChI=1S/C56H33N5O2/c1-4-18-34(19-5-1)51-57-50(48-37-24-10-13-31-44(37)63-55(48)61-51)39-26-17-30-43-47(39)38-25-16-27-40(49(38)56(43)41-28-11-14-32-45(41)62-46-33-15-12-29-42(46)56)54-59-52(35-20-6-2-7-21-35)58-53(60-54)36-22-8-3-9-23-36/h1-33H.